The van der Waals surface area contributed by atoms with Gasteiger partial charge in [-0.05, 0) is 39.7 Å². The molecule has 2 aromatic rings. The molecule has 21 heavy (non-hydrogen) atoms. The second-order valence-corrected chi connectivity index (χ2v) is 5.94. The molecule has 0 aliphatic rings. The van der Waals surface area contributed by atoms with Crippen LogP contribution in [0.25, 0.3) is 0 Å². The molecule has 1 atom stereocenters. The maximum Gasteiger partial charge on any atom is 0.161 e. The van der Waals surface area contributed by atoms with Crippen molar-refractivity contribution in [3.8, 4) is 5.75 Å². The van der Waals surface area contributed by atoms with Crippen LogP contribution in [0.15, 0.2) is 24.4 Å². The Hall–Kier alpha value is -1.81. The fourth-order valence-electron chi connectivity index (χ4n) is 2.81. The number of nitrogens with zero attached hydrogens (tertiary/aromatic N) is 2. The minimum Gasteiger partial charge on any atom is -0.493 e. The zero-order valence-corrected chi connectivity index (χ0v) is 13.6. The normalized spacial score (nSPS) is 12.7. The van der Waals surface area contributed by atoms with Gasteiger partial charge in [-0.15, -0.1) is 0 Å². The second-order valence-electron chi connectivity index (χ2n) is 5.94. The summed E-state index contributed by atoms with van der Waals surface area (Å²) in [7, 11) is 1.66. The molecule has 0 saturated carbocycles. The predicted octanol–water partition coefficient (Wildman–Crippen LogP) is 3.33. The van der Waals surface area contributed by atoms with Crippen LogP contribution in [0.4, 0.5) is 0 Å². The smallest absolute Gasteiger partial charge is 0.161 e. The highest BCUT2D eigenvalue weighted by Crippen LogP contribution is 2.28. The van der Waals surface area contributed by atoms with Gasteiger partial charge in [-0.25, -0.2) is 0 Å². The number of rotatable bonds is 5. The fourth-order valence-corrected chi connectivity index (χ4v) is 2.81. The highest BCUT2D eigenvalue weighted by Gasteiger charge is 2.20. The van der Waals surface area contributed by atoms with Gasteiger partial charge in [0.25, 0.3) is 0 Å². The minimum atomic E-state index is -0.133. The molecule has 0 saturated heterocycles. The lowest BCUT2D eigenvalue weighted by molar-refractivity contribution is 0.396. The average Bonchev–Trinajstić information content (AvgIpc) is 2.81. The van der Waals surface area contributed by atoms with Gasteiger partial charge in [0.1, 0.15) is 0 Å². The highest BCUT2D eigenvalue weighted by molar-refractivity contribution is 5.33. The maximum atomic E-state index is 6.45. The van der Waals surface area contributed by atoms with E-state index in [1.807, 2.05) is 4.68 Å². The predicted molar refractivity (Wildman–Crippen MR) is 85.7 cm³/mol. The Morgan fingerprint density at radius 1 is 1.19 bits per heavy atom. The Labute approximate surface area is 126 Å². The van der Waals surface area contributed by atoms with E-state index in [2.05, 4.69) is 51.0 Å². The van der Waals surface area contributed by atoms with Gasteiger partial charge >= 0.3 is 0 Å². The molecule has 4 heteroatoms. The first kappa shape index (κ1) is 15.6. The lowest BCUT2D eigenvalue weighted by Crippen LogP contribution is -2.20. The minimum absolute atomic E-state index is 0.133. The number of nitrogens with two attached hydrogens (primary N) is 1. The van der Waals surface area contributed by atoms with Crippen LogP contribution in [0.2, 0.25) is 0 Å². The van der Waals surface area contributed by atoms with Crippen molar-refractivity contribution >= 4 is 0 Å². The Bertz CT molecular complexity index is 596. The van der Waals surface area contributed by atoms with Crippen LogP contribution in [0.1, 0.15) is 48.3 Å². The molecule has 4 nitrogen and oxygen atoms in total. The molecule has 1 aromatic carbocycles. The average molecular weight is 287 g/mol. The van der Waals surface area contributed by atoms with Crippen LogP contribution >= 0.6 is 0 Å². The molecule has 0 spiro atoms. The lowest BCUT2D eigenvalue weighted by atomic mass is 9.99. The van der Waals surface area contributed by atoms with Crippen molar-refractivity contribution in [1.29, 1.82) is 0 Å². The molecule has 1 unspecified atom stereocenters. The van der Waals surface area contributed by atoms with Crippen LogP contribution in [0.3, 0.4) is 0 Å². The molecule has 2 N–H and O–H groups in total. The molecule has 1 aromatic heterocycles. The summed E-state index contributed by atoms with van der Waals surface area (Å²) in [5.41, 5.74) is 11.2. The molecular formula is C17H25N3O. The molecule has 0 fully saturated rings. The number of hydrogen-bond acceptors (Lipinski definition) is 3. The number of hydrogen-bond donors (Lipinski definition) is 1. The van der Waals surface area contributed by atoms with Gasteiger partial charge in [0.05, 0.1) is 25.0 Å². The fraction of sp³-hybridized carbons (Fsp3) is 0.471. The molecule has 0 aliphatic carbocycles. The standard InChI is InChI=1S/C17H25N3O/c1-11(2)20-17(16(21-5)10-19-20)15(18)9-14-7-12(3)6-13(4)8-14/h6-8,10-11,15H,9,18H2,1-5H3. The van der Waals surface area contributed by atoms with Gasteiger partial charge in [-0.3, -0.25) is 4.68 Å². The molecule has 0 bridgehead atoms. The summed E-state index contributed by atoms with van der Waals surface area (Å²) in [5, 5.41) is 4.40. The van der Waals surface area contributed by atoms with E-state index in [-0.39, 0.29) is 12.1 Å². The van der Waals surface area contributed by atoms with Crippen LogP contribution in [0.5, 0.6) is 5.75 Å². The first-order valence-electron chi connectivity index (χ1n) is 7.36. The first-order chi connectivity index (χ1) is 9.92. The van der Waals surface area contributed by atoms with E-state index in [4.69, 9.17) is 10.5 Å². The third kappa shape index (κ3) is 3.45. The van der Waals surface area contributed by atoms with Gasteiger partial charge in [-0.1, -0.05) is 29.3 Å². The Kier molecular flexibility index (Phi) is 4.68. The van der Waals surface area contributed by atoms with Gasteiger partial charge in [0.15, 0.2) is 5.75 Å². The summed E-state index contributed by atoms with van der Waals surface area (Å²) < 4.78 is 7.37. The second kappa shape index (κ2) is 6.31. The van der Waals surface area contributed by atoms with Crippen molar-refractivity contribution in [2.45, 2.75) is 46.2 Å². The van der Waals surface area contributed by atoms with Crippen molar-refractivity contribution < 1.29 is 4.74 Å². The van der Waals surface area contributed by atoms with Crippen LogP contribution < -0.4 is 10.5 Å². The van der Waals surface area contributed by atoms with E-state index in [0.717, 1.165) is 17.9 Å². The van der Waals surface area contributed by atoms with Crippen molar-refractivity contribution in [3.05, 3.63) is 46.8 Å². The third-order valence-corrected chi connectivity index (χ3v) is 3.60. The Morgan fingerprint density at radius 3 is 2.33 bits per heavy atom. The van der Waals surface area contributed by atoms with Crippen molar-refractivity contribution in [1.82, 2.24) is 9.78 Å². The third-order valence-electron chi connectivity index (χ3n) is 3.60. The molecule has 0 radical (unpaired) electrons. The summed E-state index contributed by atoms with van der Waals surface area (Å²) in [6.07, 6.45) is 2.52. The topological polar surface area (TPSA) is 53.1 Å². The first-order valence-corrected chi connectivity index (χ1v) is 7.36. The van der Waals surface area contributed by atoms with Crippen LogP contribution in [-0.4, -0.2) is 16.9 Å². The summed E-state index contributed by atoms with van der Waals surface area (Å²) in [5.74, 6) is 0.764. The van der Waals surface area contributed by atoms with E-state index in [1.165, 1.54) is 16.7 Å². The molecule has 114 valence electrons. The largest absolute Gasteiger partial charge is 0.493 e. The molecule has 0 aliphatic heterocycles. The van der Waals surface area contributed by atoms with E-state index < -0.39 is 0 Å². The summed E-state index contributed by atoms with van der Waals surface area (Å²) >= 11 is 0. The van der Waals surface area contributed by atoms with Gasteiger partial charge < -0.3 is 10.5 Å². The maximum absolute atomic E-state index is 6.45. The zero-order chi connectivity index (χ0) is 15.6. The van der Waals surface area contributed by atoms with Crippen LogP contribution in [-0.2, 0) is 6.42 Å². The number of ether oxygens (including phenoxy) is 1. The molecule has 1 heterocycles. The molecular weight excluding hydrogens is 262 g/mol. The Balaban J connectivity index is 2.31. The number of aromatic nitrogens is 2. The van der Waals surface area contributed by atoms with Crippen molar-refractivity contribution in [2.75, 3.05) is 7.11 Å². The van der Waals surface area contributed by atoms with Gasteiger partial charge in [0.2, 0.25) is 0 Å². The number of benzene rings is 1. The summed E-state index contributed by atoms with van der Waals surface area (Å²) in [6.45, 7) is 8.42. The van der Waals surface area contributed by atoms with Gasteiger partial charge in [-0.2, -0.15) is 5.10 Å². The number of aryl methyl sites for hydroxylation is 2. The van der Waals surface area contributed by atoms with Crippen molar-refractivity contribution in [2.24, 2.45) is 5.73 Å². The zero-order valence-electron chi connectivity index (χ0n) is 13.6. The monoisotopic (exact) mass is 287 g/mol. The van der Waals surface area contributed by atoms with E-state index in [1.54, 1.807) is 13.3 Å². The SMILES string of the molecule is COc1cnn(C(C)C)c1C(N)Cc1cc(C)cc(C)c1. The Morgan fingerprint density at radius 2 is 1.81 bits per heavy atom. The summed E-state index contributed by atoms with van der Waals surface area (Å²) in [4.78, 5) is 0. The lowest BCUT2D eigenvalue weighted by Gasteiger charge is -2.18. The highest BCUT2D eigenvalue weighted by atomic mass is 16.5. The summed E-state index contributed by atoms with van der Waals surface area (Å²) in [6, 6.07) is 6.68. The van der Waals surface area contributed by atoms with Gasteiger partial charge in [0, 0.05) is 6.04 Å². The van der Waals surface area contributed by atoms with E-state index in [0.29, 0.717) is 0 Å². The van der Waals surface area contributed by atoms with E-state index in [9.17, 15) is 0 Å². The molecule has 2 rings (SSSR count). The van der Waals surface area contributed by atoms with Crippen LogP contribution in [0, 0.1) is 13.8 Å². The van der Waals surface area contributed by atoms with E-state index >= 15 is 0 Å². The molecule has 0 amide bonds. The van der Waals surface area contributed by atoms with Crippen molar-refractivity contribution in [3.63, 3.8) is 0 Å². The number of methoxy groups -OCH3 is 1. The quantitative estimate of drug-likeness (QED) is 0.917.